The molecular formula is C27H26F2N6O4S. The Labute approximate surface area is 232 Å². The lowest BCUT2D eigenvalue weighted by Crippen LogP contribution is -2.42. The molecule has 2 aromatic heterocycles. The van der Waals surface area contributed by atoms with Crippen LogP contribution in [0.3, 0.4) is 0 Å². The molecule has 1 fully saturated rings. The number of carboxylic acid groups (broad SMARTS) is 1. The van der Waals surface area contributed by atoms with Gasteiger partial charge in [-0.3, -0.25) is 4.99 Å². The van der Waals surface area contributed by atoms with E-state index < -0.39 is 29.6 Å². The Kier molecular flexibility index (Phi) is 7.57. The summed E-state index contributed by atoms with van der Waals surface area (Å²) in [5, 5.41) is 15.1. The van der Waals surface area contributed by atoms with E-state index in [1.54, 1.807) is 18.5 Å². The summed E-state index contributed by atoms with van der Waals surface area (Å²) in [7, 11) is 1.26. The molecule has 10 nitrogen and oxygen atoms in total. The molecule has 0 saturated carbocycles. The van der Waals surface area contributed by atoms with Crippen LogP contribution in [0, 0.1) is 31.4 Å². The van der Waals surface area contributed by atoms with Crippen molar-refractivity contribution in [3.8, 4) is 0 Å². The Bertz CT molecular complexity index is 1530. The van der Waals surface area contributed by atoms with Crippen LogP contribution in [0.1, 0.15) is 51.1 Å². The fourth-order valence-corrected chi connectivity index (χ4v) is 5.62. The van der Waals surface area contributed by atoms with E-state index in [1.165, 1.54) is 37.6 Å². The number of thiazole rings is 1. The smallest absolute Gasteiger partial charge is 0.354 e. The minimum atomic E-state index is -1.12. The highest BCUT2D eigenvalue weighted by Gasteiger charge is 2.38. The summed E-state index contributed by atoms with van der Waals surface area (Å²) in [6, 6.07) is 1.51. The summed E-state index contributed by atoms with van der Waals surface area (Å²) < 4.78 is 33.8. The van der Waals surface area contributed by atoms with Crippen LogP contribution in [0.4, 0.5) is 14.7 Å². The molecule has 208 valence electrons. The summed E-state index contributed by atoms with van der Waals surface area (Å²) >= 11 is 1.35. The lowest BCUT2D eigenvalue weighted by molar-refractivity contribution is -0.136. The number of benzene rings is 1. The number of carboxylic acids is 1. The molecule has 1 aromatic carbocycles. The fraction of sp³-hybridized carbons (Fsp3) is 0.333. The standard InChI is InChI=1S/C27H26F2N6O4S/c1-13-12-31-27(34-20(13)25(36)37)35-9-6-15(7-10-35)21-18(26(38)39-3)22(16-4-5-17(28)19(29)14(16)2)33-23(32-21)24-30-8-11-40-24/h4-5,8,11-12,15,22H,6-7,9-10H2,1-3H3,(H,32,33)(H,36,37). The maximum Gasteiger partial charge on any atom is 0.354 e. The van der Waals surface area contributed by atoms with Crippen molar-refractivity contribution in [1.29, 1.82) is 0 Å². The number of aromatic nitrogens is 3. The molecular weight excluding hydrogens is 542 g/mol. The van der Waals surface area contributed by atoms with E-state index in [0.29, 0.717) is 59.5 Å². The number of aliphatic imine (C=N–C) groups is 1. The summed E-state index contributed by atoms with van der Waals surface area (Å²) in [6.45, 7) is 4.08. The van der Waals surface area contributed by atoms with Gasteiger partial charge in [0.15, 0.2) is 28.2 Å². The van der Waals surface area contributed by atoms with Crippen molar-refractivity contribution in [2.24, 2.45) is 10.9 Å². The first-order valence-corrected chi connectivity index (χ1v) is 13.4. The molecule has 40 heavy (non-hydrogen) atoms. The van der Waals surface area contributed by atoms with E-state index >= 15 is 0 Å². The summed E-state index contributed by atoms with van der Waals surface area (Å²) in [4.78, 5) is 44.3. The normalized spacial score (nSPS) is 17.9. The first kappa shape index (κ1) is 27.3. The highest BCUT2D eigenvalue weighted by molar-refractivity contribution is 7.11. The van der Waals surface area contributed by atoms with Gasteiger partial charge in [-0.15, -0.1) is 11.3 Å². The minimum absolute atomic E-state index is 0.0502. The number of amidine groups is 1. The Morgan fingerprint density at radius 1 is 1.18 bits per heavy atom. The molecule has 0 radical (unpaired) electrons. The van der Waals surface area contributed by atoms with Crippen molar-refractivity contribution >= 4 is 35.1 Å². The van der Waals surface area contributed by atoms with E-state index in [9.17, 15) is 23.5 Å². The van der Waals surface area contributed by atoms with Crippen molar-refractivity contribution in [3.05, 3.63) is 80.2 Å². The molecule has 0 aliphatic carbocycles. The number of halogens is 2. The van der Waals surface area contributed by atoms with Crippen molar-refractivity contribution in [2.45, 2.75) is 32.7 Å². The number of ether oxygens (including phenoxy) is 1. The van der Waals surface area contributed by atoms with Gasteiger partial charge in [-0.25, -0.2) is 33.3 Å². The van der Waals surface area contributed by atoms with Crippen LogP contribution in [0.2, 0.25) is 0 Å². The number of piperidine rings is 1. The molecule has 1 saturated heterocycles. The van der Waals surface area contributed by atoms with Crippen molar-refractivity contribution < 1.29 is 28.2 Å². The molecule has 0 spiro atoms. The summed E-state index contributed by atoms with van der Waals surface area (Å²) in [5.41, 5.74) is 1.62. The number of nitrogens with zero attached hydrogens (tertiary/aromatic N) is 5. The third-order valence-corrected chi connectivity index (χ3v) is 7.92. The third kappa shape index (κ3) is 5.04. The second-order valence-electron chi connectivity index (χ2n) is 9.51. The van der Waals surface area contributed by atoms with Gasteiger partial charge in [-0.05, 0) is 43.9 Å². The Morgan fingerprint density at radius 2 is 1.93 bits per heavy atom. The SMILES string of the molecule is COC(=O)C1=C(C2CCN(c3ncc(C)c(C(=O)O)n3)CC2)NC(c2nccs2)=NC1c1ccc(F)c(F)c1C. The number of anilines is 1. The van der Waals surface area contributed by atoms with Gasteiger partial charge in [0, 0.05) is 48.0 Å². The highest BCUT2D eigenvalue weighted by atomic mass is 32.1. The number of carbonyl (C=O) groups is 2. The van der Waals surface area contributed by atoms with E-state index in [-0.39, 0.29) is 22.7 Å². The maximum absolute atomic E-state index is 14.7. The summed E-state index contributed by atoms with van der Waals surface area (Å²) in [6.07, 6.45) is 4.25. The molecule has 13 heteroatoms. The number of nitrogens with one attached hydrogen (secondary N) is 1. The average Bonchev–Trinajstić information content (AvgIpc) is 3.50. The van der Waals surface area contributed by atoms with Crippen molar-refractivity contribution in [3.63, 3.8) is 0 Å². The zero-order valence-electron chi connectivity index (χ0n) is 21.9. The quantitative estimate of drug-likeness (QED) is 0.425. The topological polar surface area (TPSA) is 130 Å². The number of hydrogen-bond donors (Lipinski definition) is 2. The maximum atomic E-state index is 14.7. The van der Waals surface area contributed by atoms with Gasteiger partial charge in [0.05, 0.1) is 12.7 Å². The zero-order valence-corrected chi connectivity index (χ0v) is 22.8. The van der Waals surface area contributed by atoms with Crippen molar-refractivity contribution in [1.82, 2.24) is 20.3 Å². The van der Waals surface area contributed by atoms with Crippen LogP contribution in [0.5, 0.6) is 0 Å². The van der Waals surface area contributed by atoms with E-state index in [4.69, 9.17) is 9.73 Å². The predicted octanol–water partition coefficient (Wildman–Crippen LogP) is 3.96. The molecule has 1 atom stereocenters. The number of hydrogen-bond acceptors (Lipinski definition) is 10. The van der Waals surface area contributed by atoms with Crippen LogP contribution >= 0.6 is 11.3 Å². The number of aryl methyl sites for hydroxylation is 1. The number of esters is 1. The zero-order chi connectivity index (χ0) is 28.6. The Hall–Kier alpha value is -4.26. The molecule has 5 rings (SSSR count). The van der Waals surface area contributed by atoms with Crippen LogP contribution in [0.15, 0.2) is 46.2 Å². The lowest BCUT2D eigenvalue weighted by atomic mass is 9.85. The molecule has 3 aromatic rings. The van der Waals surface area contributed by atoms with Crippen LogP contribution in [0.25, 0.3) is 0 Å². The fourth-order valence-electron chi connectivity index (χ4n) is 5.03. The first-order valence-electron chi connectivity index (χ1n) is 12.5. The highest BCUT2D eigenvalue weighted by Crippen LogP contribution is 2.39. The molecule has 0 bridgehead atoms. The van der Waals surface area contributed by atoms with Crippen LogP contribution in [-0.2, 0) is 9.53 Å². The van der Waals surface area contributed by atoms with Gasteiger partial charge in [0.2, 0.25) is 5.95 Å². The van der Waals surface area contributed by atoms with Gasteiger partial charge in [-0.1, -0.05) is 6.07 Å². The number of methoxy groups -OCH3 is 1. The van der Waals surface area contributed by atoms with Gasteiger partial charge in [0.1, 0.15) is 6.04 Å². The Balaban J connectivity index is 1.53. The lowest BCUT2D eigenvalue weighted by Gasteiger charge is -2.36. The largest absolute Gasteiger partial charge is 0.476 e. The first-order chi connectivity index (χ1) is 19.2. The van der Waals surface area contributed by atoms with Crippen LogP contribution in [-0.4, -0.2) is 58.0 Å². The second kappa shape index (κ2) is 11.1. The van der Waals surface area contributed by atoms with E-state index in [2.05, 4.69) is 20.3 Å². The van der Waals surface area contributed by atoms with E-state index in [0.717, 1.165) is 6.07 Å². The predicted molar refractivity (Wildman–Crippen MR) is 143 cm³/mol. The van der Waals surface area contributed by atoms with Gasteiger partial charge in [0.25, 0.3) is 0 Å². The van der Waals surface area contributed by atoms with Gasteiger partial charge >= 0.3 is 11.9 Å². The van der Waals surface area contributed by atoms with Gasteiger partial charge in [-0.2, -0.15) is 0 Å². The van der Waals surface area contributed by atoms with Gasteiger partial charge < -0.3 is 20.1 Å². The number of rotatable bonds is 6. The summed E-state index contributed by atoms with van der Waals surface area (Å²) in [5.74, 6) is -3.16. The number of allylic oxidation sites excluding steroid dienone is 1. The van der Waals surface area contributed by atoms with Crippen molar-refractivity contribution in [2.75, 3.05) is 25.1 Å². The molecule has 2 N–H and O–H groups in total. The second-order valence-corrected chi connectivity index (χ2v) is 10.4. The number of carbonyl (C=O) groups excluding carboxylic acids is 1. The van der Waals surface area contributed by atoms with Crippen LogP contribution < -0.4 is 10.2 Å². The minimum Gasteiger partial charge on any atom is -0.476 e. The van der Waals surface area contributed by atoms with E-state index in [1.807, 2.05) is 4.90 Å². The third-order valence-electron chi connectivity index (χ3n) is 7.14. The molecule has 4 heterocycles. The number of aromatic carboxylic acids is 1. The monoisotopic (exact) mass is 568 g/mol. The molecule has 0 amide bonds. The molecule has 1 unspecified atom stereocenters. The molecule has 2 aliphatic rings. The average molecular weight is 569 g/mol. The molecule has 2 aliphatic heterocycles. The Morgan fingerprint density at radius 3 is 2.58 bits per heavy atom.